The van der Waals surface area contributed by atoms with Gasteiger partial charge in [0.2, 0.25) is 0 Å². The summed E-state index contributed by atoms with van der Waals surface area (Å²) in [7, 11) is 1.72. The number of methoxy groups -OCH3 is 1. The van der Waals surface area contributed by atoms with Crippen LogP contribution in [0.25, 0.3) is 0 Å². The molecule has 0 spiro atoms. The Bertz CT molecular complexity index is 431. The maximum Gasteiger partial charge on any atom is 0.122 e. The van der Waals surface area contributed by atoms with E-state index in [1.54, 1.807) is 7.11 Å². The van der Waals surface area contributed by atoms with Crippen LogP contribution in [0.3, 0.4) is 0 Å². The Balaban J connectivity index is 2.12. The average Bonchev–Trinajstić information content (AvgIpc) is 2.81. The number of ether oxygens (including phenoxy) is 1. The summed E-state index contributed by atoms with van der Waals surface area (Å²) in [6.45, 7) is 6.67. The van der Waals surface area contributed by atoms with E-state index < -0.39 is 0 Å². The van der Waals surface area contributed by atoms with E-state index in [0.717, 1.165) is 25.3 Å². The minimum absolute atomic E-state index is 0.293. The molecule has 0 saturated carbocycles. The van der Waals surface area contributed by atoms with Crippen LogP contribution in [-0.2, 0) is 6.54 Å². The summed E-state index contributed by atoms with van der Waals surface area (Å²) in [5, 5.41) is 9.13. The van der Waals surface area contributed by atoms with Gasteiger partial charge in [-0.2, -0.15) is 0 Å². The predicted octanol–water partition coefficient (Wildman–Crippen LogP) is 2.66. The number of aryl methyl sites for hydroxylation is 2. The van der Waals surface area contributed by atoms with Gasteiger partial charge < -0.3 is 9.84 Å². The summed E-state index contributed by atoms with van der Waals surface area (Å²) < 4.78 is 5.36. The van der Waals surface area contributed by atoms with Crippen molar-refractivity contribution in [1.29, 1.82) is 0 Å². The van der Waals surface area contributed by atoms with Crippen LogP contribution < -0.4 is 4.74 Å². The lowest BCUT2D eigenvalue weighted by Gasteiger charge is -2.25. The highest BCUT2D eigenvalue weighted by atomic mass is 16.5. The van der Waals surface area contributed by atoms with E-state index in [2.05, 4.69) is 30.9 Å². The fourth-order valence-electron chi connectivity index (χ4n) is 3.04. The predicted molar refractivity (Wildman–Crippen MR) is 77.6 cm³/mol. The van der Waals surface area contributed by atoms with Crippen molar-refractivity contribution in [2.45, 2.75) is 45.7 Å². The molecule has 0 radical (unpaired) electrons. The van der Waals surface area contributed by atoms with Crippen LogP contribution in [0.15, 0.2) is 12.1 Å². The van der Waals surface area contributed by atoms with Crippen LogP contribution in [0, 0.1) is 13.8 Å². The zero-order valence-corrected chi connectivity index (χ0v) is 12.3. The second-order valence-electron chi connectivity index (χ2n) is 5.53. The molecule has 1 heterocycles. The Morgan fingerprint density at radius 1 is 1.32 bits per heavy atom. The van der Waals surface area contributed by atoms with Gasteiger partial charge >= 0.3 is 0 Å². The summed E-state index contributed by atoms with van der Waals surface area (Å²) in [6, 6.07) is 4.91. The molecule has 3 nitrogen and oxygen atoms in total. The van der Waals surface area contributed by atoms with Crippen LogP contribution in [0.1, 0.15) is 36.0 Å². The molecule has 0 aliphatic carbocycles. The molecule has 3 heteroatoms. The van der Waals surface area contributed by atoms with Gasteiger partial charge in [0, 0.05) is 19.2 Å². The molecule has 1 aromatic carbocycles. The van der Waals surface area contributed by atoms with Crippen molar-refractivity contribution in [1.82, 2.24) is 4.90 Å². The van der Waals surface area contributed by atoms with E-state index in [4.69, 9.17) is 9.84 Å². The first-order valence-electron chi connectivity index (χ1n) is 7.14. The van der Waals surface area contributed by atoms with Crippen molar-refractivity contribution in [3.05, 3.63) is 28.8 Å². The molecule has 1 N–H and O–H groups in total. The van der Waals surface area contributed by atoms with Crippen LogP contribution >= 0.6 is 0 Å². The molecule has 2 rings (SSSR count). The van der Waals surface area contributed by atoms with Crippen molar-refractivity contribution in [2.24, 2.45) is 0 Å². The maximum absolute atomic E-state index is 9.13. The van der Waals surface area contributed by atoms with Crippen LogP contribution in [0.4, 0.5) is 0 Å². The number of nitrogens with zero attached hydrogens (tertiary/aromatic N) is 1. The van der Waals surface area contributed by atoms with Gasteiger partial charge in [-0.15, -0.1) is 0 Å². The Morgan fingerprint density at radius 2 is 2.11 bits per heavy atom. The summed E-state index contributed by atoms with van der Waals surface area (Å²) >= 11 is 0. The highest BCUT2D eigenvalue weighted by Gasteiger charge is 2.24. The Hall–Kier alpha value is -1.06. The molecule has 1 fully saturated rings. The first-order chi connectivity index (χ1) is 9.15. The van der Waals surface area contributed by atoms with Gasteiger partial charge in [0.15, 0.2) is 0 Å². The monoisotopic (exact) mass is 263 g/mol. The molecule has 0 amide bonds. The van der Waals surface area contributed by atoms with Crippen molar-refractivity contribution < 1.29 is 9.84 Å². The molecule has 106 valence electrons. The van der Waals surface area contributed by atoms with Gasteiger partial charge in [0.05, 0.1) is 7.11 Å². The molecule has 1 aromatic rings. The van der Waals surface area contributed by atoms with Gasteiger partial charge in [-0.25, -0.2) is 0 Å². The standard InChI is InChI=1S/C16H25NO2/c1-12-10-16(19-3)13(2)9-14(12)11-17-7-4-5-15(17)6-8-18/h9-10,15,18H,4-8,11H2,1-3H3/t15-/m0/s1. The summed E-state index contributed by atoms with van der Waals surface area (Å²) in [6.07, 6.45) is 3.36. The summed E-state index contributed by atoms with van der Waals surface area (Å²) in [4.78, 5) is 2.50. The molecule has 0 unspecified atom stereocenters. The van der Waals surface area contributed by atoms with Crippen molar-refractivity contribution >= 4 is 0 Å². The van der Waals surface area contributed by atoms with E-state index in [0.29, 0.717) is 12.6 Å². The SMILES string of the molecule is COc1cc(C)c(CN2CCC[C@H]2CCO)cc1C. The molecule has 0 aromatic heterocycles. The van der Waals surface area contributed by atoms with Crippen LogP contribution in [0.5, 0.6) is 5.75 Å². The van der Waals surface area contributed by atoms with Gasteiger partial charge in [0.25, 0.3) is 0 Å². The second-order valence-corrected chi connectivity index (χ2v) is 5.53. The number of rotatable bonds is 5. The number of aliphatic hydroxyl groups excluding tert-OH is 1. The number of hydrogen-bond donors (Lipinski definition) is 1. The number of hydrogen-bond acceptors (Lipinski definition) is 3. The lowest BCUT2D eigenvalue weighted by atomic mass is 10.0. The van der Waals surface area contributed by atoms with Crippen molar-refractivity contribution in [2.75, 3.05) is 20.3 Å². The fourth-order valence-corrected chi connectivity index (χ4v) is 3.04. The zero-order valence-electron chi connectivity index (χ0n) is 12.3. The van der Waals surface area contributed by atoms with Gasteiger partial charge in [0.1, 0.15) is 5.75 Å². The fraction of sp³-hybridized carbons (Fsp3) is 0.625. The lowest BCUT2D eigenvalue weighted by Crippen LogP contribution is -2.30. The Kier molecular flexibility index (Phi) is 4.83. The number of likely N-dealkylation sites (tertiary alicyclic amines) is 1. The highest BCUT2D eigenvalue weighted by molar-refractivity contribution is 5.41. The molecule has 1 aliphatic rings. The third-order valence-electron chi connectivity index (χ3n) is 4.19. The first kappa shape index (κ1) is 14.4. The third-order valence-corrected chi connectivity index (χ3v) is 4.19. The summed E-state index contributed by atoms with van der Waals surface area (Å²) in [5.74, 6) is 0.967. The van der Waals surface area contributed by atoms with E-state index in [9.17, 15) is 0 Å². The maximum atomic E-state index is 9.13. The van der Waals surface area contributed by atoms with Crippen LogP contribution in [-0.4, -0.2) is 36.3 Å². The van der Waals surface area contributed by atoms with Gasteiger partial charge in [-0.05, 0) is 62.4 Å². The average molecular weight is 263 g/mol. The van der Waals surface area contributed by atoms with Crippen LogP contribution in [0.2, 0.25) is 0 Å². The first-order valence-corrected chi connectivity index (χ1v) is 7.14. The third kappa shape index (κ3) is 3.28. The van der Waals surface area contributed by atoms with E-state index in [1.165, 1.54) is 29.5 Å². The number of benzene rings is 1. The van der Waals surface area contributed by atoms with Crippen molar-refractivity contribution in [3.63, 3.8) is 0 Å². The van der Waals surface area contributed by atoms with E-state index >= 15 is 0 Å². The molecule has 19 heavy (non-hydrogen) atoms. The second kappa shape index (κ2) is 6.40. The zero-order chi connectivity index (χ0) is 13.8. The number of aliphatic hydroxyl groups is 1. The Morgan fingerprint density at radius 3 is 2.79 bits per heavy atom. The molecule has 1 atom stereocenters. The minimum Gasteiger partial charge on any atom is -0.496 e. The summed E-state index contributed by atoms with van der Waals surface area (Å²) in [5.41, 5.74) is 3.86. The highest BCUT2D eigenvalue weighted by Crippen LogP contribution is 2.27. The smallest absolute Gasteiger partial charge is 0.122 e. The van der Waals surface area contributed by atoms with E-state index in [-0.39, 0.29) is 0 Å². The van der Waals surface area contributed by atoms with Gasteiger partial charge in [-0.1, -0.05) is 6.07 Å². The molecule has 1 saturated heterocycles. The van der Waals surface area contributed by atoms with Crippen molar-refractivity contribution in [3.8, 4) is 5.75 Å². The molecular formula is C16H25NO2. The van der Waals surface area contributed by atoms with E-state index in [1.807, 2.05) is 0 Å². The molecular weight excluding hydrogens is 238 g/mol. The van der Waals surface area contributed by atoms with Gasteiger partial charge in [-0.3, -0.25) is 4.90 Å². The molecule has 0 bridgehead atoms. The Labute approximate surface area is 116 Å². The normalized spacial score (nSPS) is 19.9. The quantitative estimate of drug-likeness (QED) is 0.886. The largest absolute Gasteiger partial charge is 0.496 e. The minimum atomic E-state index is 0.293. The lowest BCUT2D eigenvalue weighted by molar-refractivity contribution is 0.189. The molecule has 1 aliphatic heterocycles. The topological polar surface area (TPSA) is 32.7 Å².